The third-order valence-corrected chi connectivity index (χ3v) is 5.02. The molecule has 3 nitrogen and oxygen atoms in total. The Balaban J connectivity index is 1.72. The van der Waals surface area contributed by atoms with E-state index in [0.29, 0.717) is 5.56 Å². The summed E-state index contributed by atoms with van der Waals surface area (Å²) in [6.07, 6.45) is 0. The van der Waals surface area contributed by atoms with E-state index >= 15 is 0 Å². The highest BCUT2D eigenvalue weighted by atomic mass is 32.2. The number of rotatable bonds is 4. The van der Waals surface area contributed by atoms with Gasteiger partial charge in [-0.25, -0.2) is 0 Å². The lowest BCUT2D eigenvalue weighted by atomic mass is 10.1. The summed E-state index contributed by atoms with van der Waals surface area (Å²) in [5.74, 6) is 2.34. The van der Waals surface area contributed by atoms with Gasteiger partial charge in [0, 0.05) is 42.4 Å². The predicted octanol–water partition coefficient (Wildman–Crippen LogP) is 3.80. The van der Waals surface area contributed by atoms with E-state index in [4.69, 9.17) is 0 Å². The molecule has 120 valence electrons. The Bertz CT molecular complexity index is 663. The first kappa shape index (κ1) is 16.1. The zero-order valence-electron chi connectivity index (χ0n) is 13.4. The van der Waals surface area contributed by atoms with E-state index < -0.39 is 0 Å². The Morgan fingerprint density at radius 3 is 2.52 bits per heavy atom. The number of thioether (sulfide) groups is 1. The molecule has 23 heavy (non-hydrogen) atoms. The summed E-state index contributed by atoms with van der Waals surface area (Å²) in [6, 6.07) is 15.8. The molecule has 1 aliphatic rings. The van der Waals surface area contributed by atoms with Gasteiger partial charge < -0.3 is 5.32 Å². The molecule has 0 radical (unpaired) electrons. The van der Waals surface area contributed by atoms with Crippen molar-refractivity contribution in [3.63, 3.8) is 0 Å². The number of para-hydroxylation sites is 1. The molecule has 3 rings (SSSR count). The Morgan fingerprint density at radius 1 is 1.09 bits per heavy atom. The topological polar surface area (TPSA) is 32.3 Å². The molecule has 0 saturated carbocycles. The lowest BCUT2D eigenvalue weighted by Gasteiger charge is -2.27. The van der Waals surface area contributed by atoms with Gasteiger partial charge in [-0.3, -0.25) is 9.69 Å². The maximum atomic E-state index is 12.4. The molecule has 0 atom stereocenters. The number of anilines is 1. The van der Waals surface area contributed by atoms with E-state index in [2.05, 4.69) is 16.3 Å². The first-order valence-electron chi connectivity index (χ1n) is 7.98. The molecule has 2 aromatic carbocycles. The Labute approximate surface area is 142 Å². The number of carbonyl (C=O) groups is 1. The second-order valence-electron chi connectivity index (χ2n) is 5.87. The second-order valence-corrected chi connectivity index (χ2v) is 7.09. The SMILES string of the molecule is Cc1ccc(C(=O)Nc2ccccc2CN2CCSCC2)cc1. The van der Waals surface area contributed by atoms with Gasteiger partial charge in [0.05, 0.1) is 0 Å². The fraction of sp³-hybridized carbons (Fsp3) is 0.316. The number of carbonyl (C=O) groups excluding carboxylic acids is 1. The highest BCUT2D eigenvalue weighted by molar-refractivity contribution is 7.99. The second kappa shape index (κ2) is 7.66. The monoisotopic (exact) mass is 326 g/mol. The molecule has 0 unspecified atom stereocenters. The molecule has 1 N–H and O–H groups in total. The van der Waals surface area contributed by atoms with E-state index in [9.17, 15) is 4.79 Å². The van der Waals surface area contributed by atoms with Crippen LogP contribution < -0.4 is 5.32 Å². The van der Waals surface area contributed by atoms with Gasteiger partial charge in [-0.2, -0.15) is 11.8 Å². The number of benzene rings is 2. The van der Waals surface area contributed by atoms with Crippen LogP contribution >= 0.6 is 11.8 Å². The standard InChI is InChI=1S/C19H22N2OS/c1-15-6-8-16(9-7-15)19(22)20-18-5-3-2-4-17(18)14-21-10-12-23-13-11-21/h2-9H,10-14H2,1H3,(H,20,22). The fourth-order valence-corrected chi connectivity index (χ4v) is 3.66. The van der Waals surface area contributed by atoms with Crippen molar-refractivity contribution in [3.05, 3.63) is 65.2 Å². The third kappa shape index (κ3) is 4.36. The van der Waals surface area contributed by atoms with Crippen molar-refractivity contribution in [2.75, 3.05) is 29.9 Å². The molecule has 0 aliphatic carbocycles. The zero-order chi connectivity index (χ0) is 16.1. The Morgan fingerprint density at radius 2 is 1.78 bits per heavy atom. The Hall–Kier alpha value is -1.78. The molecular weight excluding hydrogens is 304 g/mol. The van der Waals surface area contributed by atoms with Crippen LogP contribution in [0.15, 0.2) is 48.5 Å². The quantitative estimate of drug-likeness (QED) is 0.927. The summed E-state index contributed by atoms with van der Waals surface area (Å²) in [6.45, 7) is 5.15. The highest BCUT2D eigenvalue weighted by Crippen LogP contribution is 2.20. The van der Waals surface area contributed by atoms with Crippen molar-refractivity contribution >= 4 is 23.4 Å². The average Bonchev–Trinajstić information content (AvgIpc) is 2.58. The van der Waals surface area contributed by atoms with E-state index in [1.165, 1.54) is 17.1 Å². The molecule has 1 saturated heterocycles. The number of amides is 1. The van der Waals surface area contributed by atoms with Gasteiger partial charge in [0.25, 0.3) is 5.91 Å². The summed E-state index contributed by atoms with van der Waals surface area (Å²) < 4.78 is 0. The largest absolute Gasteiger partial charge is 0.322 e. The van der Waals surface area contributed by atoms with Crippen LogP contribution in [0.1, 0.15) is 21.5 Å². The molecule has 0 bridgehead atoms. The van der Waals surface area contributed by atoms with E-state index in [1.807, 2.05) is 61.2 Å². The minimum Gasteiger partial charge on any atom is -0.322 e. The summed E-state index contributed by atoms with van der Waals surface area (Å²) >= 11 is 2.01. The van der Waals surface area contributed by atoms with Gasteiger partial charge in [-0.05, 0) is 30.7 Å². The highest BCUT2D eigenvalue weighted by Gasteiger charge is 2.14. The zero-order valence-corrected chi connectivity index (χ0v) is 14.2. The minimum atomic E-state index is -0.0494. The van der Waals surface area contributed by atoms with Gasteiger partial charge in [-0.15, -0.1) is 0 Å². The average molecular weight is 326 g/mol. The van der Waals surface area contributed by atoms with Crippen molar-refractivity contribution in [1.82, 2.24) is 4.90 Å². The number of hydrogen-bond acceptors (Lipinski definition) is 3. The fourth-order valence-electron chi connectivity index (χ4n) is 2.68. The Kier molecular flexibility index (Phi) is 5.36. The lowest BCUT2D eigenvalue weighted by molar-refractivity contribution is 0.102. The van der Waals surface area contributed by atoms with Crippen LogP contribution in [-0.4, -0.2) is 35.4 Å². The molecule has 2 aromatic rings. The van der Waals surface area contributed by atoms with E-state index in [1.54, 1.807) is 0 Å². The summed E-state index contributed by atoms with van der Waals surface area (Å²) in [4.78, 5) is 14.9. The van der Waals surface area contributed by atoms with Crippen molar-refractivity contribution < 1.29 is 4.79 Å². The summed E-state index contributed by atoms with van der Waals surface area (Å²) in [7, 11) is 0. The van der Waals surface area contributed by atoms with Gasteiger partial charge in [0.2, 0.25) is 0 Å². The molecule has 0 spiro atoms. The molecular formula is C19H22N2OS. The van der Waals surface area contributed by atoms with Gasteiger partial charge in [-0.1, -0.05) is 35.9 Å². The van der Waals surface area contributed by atoms with Crippen LogP contribution in [0.25, 0.3) is 0 Å². The molecule has 4 heteroatoms. The minimum absolute atomic E-state index is 0.0494. The van der Waals surface area contributed by atoms with Crippen LogP contribution in [0, 0.1) is 6.92 Å². The van der Waals surface area contributed by atoms with Crippen LogP contribution in [0.5, 0.6) is 0 Å². The number of hydrogen-bond donors (Lipinski definition) is 1. The number of aryl methyl sites for hydroxylation is 1. The van der Waals surface area contributed by atoms with Crippen molar-refractivity contribution in [2.24, 2.45) is 0 Å². The first-order valence-corrected chi connectivity index (χ1v) is 9.14. The summed E-state index contributed by atoms with van der Waals surface area (Å²) in [5, 5.41) is 3.07. The normalized spacial score (nSPS) is 15.3. The van der Waals surface area contributed by atoms with Gasteiger partial charge in [0.15, 0.2) is 0 Å². The van der Waals surface area contributed by atoms with Crippen LogP contribution in [0.3, 0.4) is 0 Å². The van der Waals surface area contributed by atoms with E-state index in [-0.39, 0.29) is 5.91 Å². The van der Waals surface area contributed by atoms with Crippen LogP contribution in [0.4, 0.5) is 5.69 Å². The number of nitrogens with one attached hydrogen (secondary N) is 1. The first-order chi connectivity index (χ1) is 11.2. The van der Waals surface area contributed by atoms with Crippen molar-refractivity contribution in [2.45, 2.75) is 13.5 Å². The van der Waals surface area contributed by atoms with E-state index in [0.717, 1.165) is 30.9 Å². The molecule has 1 aliphatic heterocycles. The van der Waals surface area contributed by atoms with Gasteiger partial charge >= 0.3 is 0 Å². The third-order valence-electron chi connectivity index (χ3n) is 4.08. The van der Waals surface area contributed by atoms with Gasteiger partial charge in [0.1, 0.15) is 0 Å². The molecule has 1 amide bonds. The lowest BCUT2D eigenvalue weighted by Crippen LogP contribution is -2.32. The van der Waals surface area contributed by atoms with Crippen LogP contribution in [-0.2, 0) is 6.54 Å². The predicted molar refractivity (Wildman–Crippen MR) is 98.2 cm³/mol. The van der Waals surface area contributed by atoms with Crippen molar-refractivity contribution in [1.29, 1.82) is 0 Å². The van der Waals surface area contributed by atoms with Crippen molar-refractivity contribution in [3.8, 4) is 0 Å². The maximum Gasteiger partial charge on any atom is 0.255 e. The van der Waals surface area contributed by atoms with Crippen LogP contribution in [0.2, 0.25) is 0 Å². The molecule has 0 aromatic heterocycles. The smallest absolute Gasteiger partial charge is 0.255 e. The number of nitrogens with zero attached hydrogens (tertiary/aromatic N) is 1. The maximum absolute atomic E-state index is 12.4. The molecule has 1 fully saturated rings. The molecule has 1 heterocycles. The summed E-state index contributed by atoms with van der Waals surface area (Å²) in [5.41, 5.74) is 3.95.